The van der Waals surface area contributed by atoms with Crippen molar-refractivity contribution in [3.8, 4) is 0 Å². The van der Waals surface area contributed by atoms with Gasteiger partial charge in [-0.25, -0.2) is 0 Å². The van der Waals surface area contributed by atoms with Gasteiger partial charge in [-0.1, -0.05) is 0 Å². The molecule has 0 saturated carbocycles. The fourth-order valence-electron chi connectivity index (χ4n) is 1.49. The zero-order valence-electron chi connectivity index (χ0n) is 10.4. The number of carbonyl (C=O) groups excluding carboxylic acids is 1. The van der Waals surface area contributed by atoms with Gasteiger partial charge < -0.3 is 10.4 Å². The van der Waals surface area contributed by atoms with E-state index < -0.39 is 43.7 Å². The summed E-state index contributed by atoms with van der Waals surface area (Å²) in [7, 11) is 0. The van der Waals surface area contributed by atoms with E-state index in [0.717, 1.165) is 6.20 Å². The number of halogens is 6. The first kappa shape index (κ1) is 17.3. The number of hydrogen-bond acceptors (Lipinski definition) is 3. The van der Waals surface area contributed by atoms with Gasteiger partial charge in [-0.05, 0) is 6.42 Å². The summed E-state index contributed by atoms with van der Waals surface area (Å²) in [6, 6.07) is 0. The van der Waals surface area contributed by atoms with Crippen LogP contribution in [0.5, 0.6) is 0 Å². The number of aliphatic hydroxyl groups is 1. The molecule has 1 rings (SSSR count). The predicted molar refractivity (Wildman–Crippen MR) is 57.1 cm³/mol. The molecule has 0 aliphatic heterocycles. The normalized spacial score (nSPS) is 12.5. The largest absolute Gasteiger partial charge is 0.435 e. The molecule has 0 aliphatic rings. The second-order valence-electron chi connectivity index (χ2n) is 4.06. The van der Waals surface area contributed by atoms with Crippen LogP contribution in [0.2, 0.25) is 0 Å². The molecule has 2 N–H and O–H groups in total. The van der Waals surface area contributed by atoms with Crippen molar-refractivity contribution in [1.29, 1.82) is 0 Å². The van der Waals surface area contributed by atoms with E-state index in [4.69, 9.17) is 5.11 Å². The van der Waals surface area contributed by atoms with Crippen LogP contribution < -0.4 is 5.32 Å². The molecular formula is C10H11F6N3O2. The van der Waals surface area contributed by atoms with Crippen LogP contribution in [-0.2, 0) is 23.9 Å². The molecule has 0 spiro atoms. The highest BCUT2D eigenvalue weighted by Gasteiger charge is 2.37. The number of amides is 1. The molecule has 0 aromatic carbocycles. The number of carbonyl (C=O) groups is 1. The van der Waals surface area contributed by atoms with Crippen LogP contribution in [0.1, 0.15) is 11.3 Å². The quantitative estimate of drug-likeness (QED) is 0.799. The fourth-order valence-corrected chi connectivity index (χ4v) is 1.49. The maximum atomic E-state index is 12.6. The lowest BCUT2D eigenvalue weighted by molar-refractivity contribution is -0.142. The van der Waals surface area contributed by atoms with E-state index in [1.165, 1.54) is 5.32 Å². The summed E-state index contributed by atoms with van der Waals surface area (Å²) in [4.78, 5) is 11.2. The van der Waals surface area contributed by atoms with Gasteiger partial charge in [-0.3, -0.25) is 9.48 Å². The van der Waals surface area contributed by atoms with E-state index in [0.29, 0.717) is 4.68 Å². The summed E-state index contributed by atoms with van der Waals surface area (Å²) >= 11 is 0. The first-order chi connectivity index (χ1) is 9.53. The molecule has 0 bridgehead atoms. The van der Waals surface area contributed by atoms with Gasteiger partial charge in [-0.15, -0.1) is 0 Å². The third-order valence-electron chi connectivity index (χ3n) is 2.28. The van der Waals surface area contributed by atoms with Gasteiger partial charge in [0, 0.05) is 18.4 Å². The molecule has 1 aromatic rings. The van der Waals surface area contributed by atoms with E-state index in [1.807, 2.05) is 0 Å². The number of hydrogen-bond donors (Lipinski definition) is 2. The van der Waals surface area contributed by atoms with Gasteiger partial charge in [-0.2, -0.15) is 31.4 Å². The van der Waals surface area contributed by atoms with Crippen LogP contribution in [0.25, 0.3) is 0 Å². The molecule has 1 heterocycles. The van der Waals surface area contributed by atoms with E-state index in [9.17, 15) is 31.1 Å². The van der Waals surface area contributed by atoms with E-state index in [1.54, 1.807) is 0 Å². The van der Waals surface area contributed by atoms with Crippen molar-refractivity contribution in [1.82, 2.24) is 15.1 Å². The van der Waals surface area contributed by atoms with Crippen LogP contribution in [0, 0.1) is 0 Å². The van der Waals surface area contributed by atoms with Crippen molar-refractivity contribution < 1.29 is 36.2 Å². The Kier molecular flexibility index (Phi) is 5.20. The maximum absolute atomic E-state index is 12.6. The van der Waals surface area contributed by atoms with Crippen LogP contribution in [0.3, 0.4) is 0 Å². The number of aromatic nitrogens is 2. The van der Waals surface area contributed by atoms with Crippen molar-refractivity contribution in [2.45, 2.75) is 25.3 Å². The van der Waals surface area contributed by atoms with Crippen molar-refractivity contribution in [2.24, 2.45) is 0 Å². The molecule has 0 atom stereocenters. The Balaban J connectivity index is 2.78. The number of nitrogens with zero attached hydrogens (tertiary/aromatic N) is 2. The lowest BCUT2D eigenvalue weighted by Gasteiger charge is -2.08. The van der Waals surface area contributed by atoms with Crippen molar-refractivity contribution in [2.75, 3.05) is 13.2 Å². The van der Waals surface area contributed by atoms with E-state index in [2.05, 4.69) is 5.10 Å². The summed E-state index contributed by atoms with van der Waals surface area (Å²) in [5.41, 5.74) is -1.62. The lowest BCUT2D eigenvalue weighted by Crippen LogP contribution is -2.35. The first-order valence-electron chi connectivity index (χ1n) is 5.61. The highest BCUT2D eigenvalue weighted by Crippen LogP contribution is 2.30. The lowest BCUT2D eigenvalue weighted by atomic mass is 10.2. The summed E-state index contributed by atoms with van der Waals surface area (Å²) < 4.78 is 74.0. The van der Waals surface area contributed by atoms with Gasteiger partial charge in [0.05, 0.1) is 0 Å². The van der Waals surface area contributed by atoms with Gasteiger partial charge >= 0.3 is 12.4 Å². The standard InChI is InChI=1S/C10H11F6N3O2/c11-9(12,13)5-17-7(21)4-19-3-6(1-2-20)8(18-19)10(14,15)16/h3,20H,1-2,4-5H2,(H,17,21). The second-order valence-corrected chi connectivity index (χ2v) is 4.06. The molecule has 0 unspecified atom stereocenters. The molecule has 0 fully saturated rings. The molecule has 5 nitrogen and oxygen atoms in total. The van der Waals surface area contributed by atoms with Crippen molar-refractivity contribution in [3.63, 3.8) is 0 Å². The second kappa shape index (κ2) is 6.33. The zero-order valence-corrected chi connectivity index (χ0v) is 10.4. The Bertz CT molecular complexity index is 494. The Morgan fingerprint density at radius 1 is 1.29 bits per heavy atom. The molecule has 1 aromatic heterocycles. The summed E-state index contributed by atoms with van der Waals surface area (Å²) in [5.74, 6) is -1.13. The molecular weight excluding hydrogens is 308 g/mol. The Morgan fingerprint density at radius 3 is 2.38 bits per heavy atom. The Hall–Kier alpha value is -1.78. The van der Waals surface area contributed by atoms with Crippen molar-refractivity contribution >= 4 is 5.91 Å². The number of aliphatic hydroxyl groups excluding tert-OH is 1. The van der Waals surface area contributed by atoms with Gasteiger partial charge in [0.2, 0.25) is 5.91 Å². The topological polar surface area (TPSA) is 67.2 Å². The van der Waals surface area contributed by atoms with E-state index >= 15 is 0 Å². The van der Waals surface area contributed by atoms with Gasteiger partial charge in [0.25, 0.3) is 0 Å². The number of alkyl halides is 6. The molecule has 11 heteroatoms. The summed E-state index contributed by atoms with van der Waals surface area (Å²) in [6.07, 6.45) is -8.86. The van der Waals surface area contributed by atoms with Gasteiger partial charge in [0.1, 0.15) is 13.1 Å². The molecule has 21 heavy (non-hydrogen) atoms. The zero-order chi connectivity index (χ0) is 16.3. The SMILES string of the molecule is O=C(Cn1cc(CCO)c(C(F)(F)F)n1)NCC(F)(F)F. The molecule has 1 amide bonds. The highest BCUT2D eigenvalue weighted by atomic mass is 19.4. The van der Waals surface area contributed by atoms with Crippen LogP contribution in [-0.4, -0.2) is 40.1 Å². The minimum absolute atomic E-state index is 0.334. The minimum Gasteiger partial charge on any atom is -0.396 e. The van der Waals surface area contributed by atoms with E-state index in [-0.39, 0.29) is 12.0 Å². The molecule has 120 valence electrons. The van der Waals surface area contributed by atoms with Crippen LogP contribution in [0.4, 0.5) is 26.3 Å². The average Bonchev–Trinajstić information content (AvgIpc) is 2.69. The summed E-state index contributed by atoms with van der Waals surface area (Å²) in [5, 5.41) is 13.3. The highest BCUT2D eigenvalue weighted by molar-refractivity contribution is 5.75. The minimum atomic E-state index is -4.78. The predicted octanol–water partition coefficient (Wildman–Crippen LogP) is 1.12. The fraction of sp³-hybridized carbons (Fsp3) is 0.600. The summed E-state index contributed by atoms with van der Waals surface area (Å²) in [6.45, 7) is -2.93. The Morgan fingerprint density at radius 2 is 1.90 bits per heavy atom. The first-order valence-corrected chi connectivity index (χ1v) is 5.61. The molecule has 0 saturated heterocycles. The average molecular weight is 319 g/mol. The third kappa shape index (κ3) is 5.61. The van der Waals surface area contributed by atoms with Crippen LogP contribution in [0.15, 0.2) is 6.20 Å². The monoisotopic (exact) mass is 319 g/mol. The number of nitrogens with one attached hydrogen (secondary N) is 1. The van der Waals surface area contributed by atoms with Crippen LogP contribution >= 0.6 is 0 Å². The molecule has 0 aliphatic carbocycles. The van der Waals surface area contributed by atoms with Gasteiger partial charge in [0.15, 0.2) is 5.69 Å². The maximum Gasteiger partial charge on any atom is 0.435 e. The number of rotatable bonds is 5. The van der Waals surface area contributed by atoms with Crippen molar-refractivity contribution in [3.05, 3.63) is 17.5 Å². The molecule has 0 radical (unpaired) electrons. The smallest absolute Gasteiger partial charge is 0.396 e. The third-order valence-corrected chi connectivity index (χ3v) is 2.28. The Labute approximate surface area is 114 Å².